The Balaban J connectivity index is 1.99. The van der Waals surface area contributed by atoms with Crippen molar-refractivity contribution in [2.24, 2.45) is 5.92 Å². The number of hydrogen-bond acceptors (Lipinski definition) is 4. The Hall–Kier alpha value is -1.26. The third-order valence-electron chi connectivity index (χ3n) is 4.76. The molecule has 0 amide bonds. The molecule has 3 atom stereocenters. The zero-order valence-electron chi connectivity index (χ0n) is 12.4. The summed E-state index contributed by atoms with van der Waals surface area (Å²) in [5, 5.41) is 10.2. The van der Waals surface area contributed by atoms with Crippen molar-refractivity contribution in [1.29, 1.82) is 0 Å². The summed E-state index contributed by atoms with van der Waals surface area (Å²) >= 11 is 0. The number of methoxy groups -OCH3 is 2. The summed E-state index contributed by atoms with van der Waals surface area (Å²) in [4.78, 5) is 2.49. The minimum absolute atomic E-state index is 0.213. The Morgan fingerprint density at radius 1 is 1.20 bits per heavy atom. The molecule has 1 aromatic carbocycles. The lowest BCUT2D eigenvalue weighted by Gasteiger charge is -2.45. The van der Waals surface area contributed by atoms with Gasteiger partial charge in [0.25, 0.3) is 0 Å². The Morgan fingerprint density at radius 3 is 2.60 bits per heavy atom. The van der Waals surface area contributed by atoms with Crippen LogP contribution in [0.2, 0.25) is 0 Å². The number of nitrogens with zero attached hydrogens (tertiary/aromatic N) is 1. The molecule has 110 valence electrons. The van der Waals surface area contributed by atoms with Crippen molar-refractivity contribution in [3.8, 4) is 11.5 Å². The summed E-state index contributed by atoms with van der Waals surface area (Å²) in [5.41, 5.74) is 2.62. The van der Waals surface area contributed by atoms with Crippen LogP contribution < -0.4 is 9.47 Å². The van der Waals surface area contributed by atoms with Gasteiger partial charge < -0.3 is 14.6 Å². The molecule has 2 heterocycles. The molecule has 20 heavy (non-hydrogen) atoms. The molecule has 4 heteroatoms. The number of rotatable bonds is 2. The summed E-state index contributed by atoms with van der Waals surface area (Å²) < 4.78 is 10.8. The van der Waals surface area contributed by atoms with Crippen LogP contribution in [0.1, 0.15) is 30.5 Å². The second kappa shape index (κ2) is 5.26. The van der Waals surface area contributed by atoms with Gasteiger partial charge in [-0.15, -0.1) is 0 Å². The normalized spacial score (nSPS) is 29.5. The molecule has 1 N–H and O–H groups in total. The van der Waals surface area contributed by atoms with Gasteiger partial charge in [0, 0.05) is 19.1 Å². The highest BCUT2D eigenvalue weighted by atomic mass is 16.5. The van der Waals surface area contributed by atoms with Gasteiger partial charge in [0.05, 0.1) is 20.3 Å². The second-order valence-electron chi connectivity index (χ2n) is 5.95. The van der Waals surface area contributed by atoms with Gasteiger partial charge in [-0.05, 0) is 42.0 Å². The summed E-state index contributed by atoms with van der Waals surface area (Å²) in [5.74, 6) is 1.93. The molecule has 3 rings (SSSR count). The SMILES string of the molecule is COc1cc2c(cc1OC)C1CC(O)C(C)CN1CC2. The second-order valence-corrected chi connectivity index (χ2v) is 5.95. The maximum atomic E-state index is 10.2. The van der Waals surface area contributed by atoms with Gasteiger partial charge >= 0.3 is 0 Å². The first kappa shape index (κ1) is 13.7. The Labute approximate surface area is 120 Å². The van der Waals surface area contributed by atoms with E-state index >= 15 is 0 Å². The topological polar surface area (TPSA) is 41.9 Å². The molecule has 4 nitrogen and oxygen atoms in total. The molecule has 3 unspecified atom stereocenters. The van der Waals surface area contributed by atoms with Crippen molar-refractivity contribution in [3.63, 3.8) is 0 Å². The van der Waals surface area contributed by atoms with Gasteiger partial charge in [-0.2, -0.15) is 0 Å². The molecule has 1 fully saturated rings. The maximum Gasteiger partial charge on any atom is 0.161 e. The molecular formula is C16H23NO3. The highest BCUT2D eigenvalue weighted by Gasteiger charge is 2.36. The van der Waals surface area contributed by atoms with Crippen LogP contribution in [0.4, 0.5) is 0 Å². The molecule has 2 aliphatic rings. The first-order valence-corrected chi connectivity index (χ1v) is 7.31. The standard InChI is InChI=1S/C16H23NO3/c1-10-9-17-5-4-11-6-15(19-2)16(20-3)7-12(11)13(17)8-14(10)18/h6-7,10,13-14,18H,4-5,8-9H2,1-3H3. The van der Waals surface area contributed by atoms with E-state index in [-0.39, 0.29) is 6.10 Å². The monoisotopic (exact) mass is 277 g/mol. The molecule has 0 saturated carbocycles. The van der Waals surface area contributed by atoms with Crippen LogP contribution >= 0.6 is 0 Å². The highest BCUT2D eigenvalue weighted by molar-refractivity contribution is 5.49. The number of benzene rings is 1. The molecule has 0 radical (unpaired) electrons. The third kappa shape index (κ3) is 2.17. The minimum atomic E-state index is -0.213. The van der Waals surface area contributed by atoms with E-state index in [1.54, 1.807) is 14.2 Å². The molecule has 0 bridgehead atoms. The van der Waals surface area contributed by atoms with E-state index in [1.807, 2.05) is 0 Å². The van der Waals surface area contributed by atoms with Crippen LogP contribution in [-0.4, -0.2) is 43.4 Å². The predicted octanol–water partition coefficient (Wildman–Crippen LogP) is 2.00. The van der Waals surface area contributed by atoms with E-state index in [9.17, 15) is 5.11 Å². The van der Waals surface area contributed by atoms with Gasteiger partial charge in [-0.25, -0.2) is 0 Å². The van der Waals surface area contributed by atoms with E-state index in [0.717, 1.165) is 37.4 Å². The average Bonchev–Trinajstić information content (AvgIpc) is 2.47. The summed E-state index contributed by atoms with van der Waals surface area (Å²) in [6.07, 6.45) is 1.63. The Kier molecular flexibility index (Phi) is 3.61. The van der Waals surface area contributed by atoms with Crippen LogP contribution in [0.3, 0.4) is 0 Å². The molecular weight excluding hydrogens is 254 g/mol. The summed E-state index contributed by atoms with van der Waals surface area (Å²) in [6, 6.07) is 4.49. The van der Waals surface area contributed by atoms with Gasteiger partial charge in [-0.1, -0.05) is 6.92 Å². The Bertz CT molecular complexity index is 503. The van der Waals surface area contributed by atoms with E-state index in [2.05, 4.69) is 24.0 Å². The molecule has 0 spiro atoms. The molecule has 2 aliphatic heterocycles. The fourth-order valence-corrected chi connectivity index (χ4v) is 3.53. The number of hydrogen-bond donors (Lipinski definition) is 1. The maximum absolute atomic E-state index is 10.2. The van der Waals surface area contributed by atoms with Crippen molar-refractivity contribution < 1.29 is 14.6 Å². The van der Waals surface area contributed by atoms with Crippen LogP contribution in [0.25, 0.3) is 0 Å². The van der Waals surface area contributed by atoms with E-state index < -0.39 is 0 Å². The third-order valence-corrected chi connectivity index (χ3v) is 4.76. The van der Waals surface area contributed by atoms with Gasteiger partial charge in [0.15, 0.2) is 11.5 Å². The fraction of sp³-hybridized carbons (Fsp3) is 0.625. The van der Waals surface area contributed by atoms with Crippen molar-refractivity contribution in [2.75, 3.05) is 27.3 Å². The fourth-order valence-electron chi connectivity index (χ4n) is 3.53. The first-order valence-electron chi connectivity index (χ1n) is 7.31. The average molecular weight is 277 g/mol. The van der Waals surface area contributed by atoms with E-state index in [0.29, 0.717) is 12.0 Å². The van der Waals surface area contributed by atoms with Gasteiger partial charge in [-0.3, -0.25) is 4.90 Å². The summed E-state index contributed by atoms with van der Waals surface area (Å²) in [7, 11) is 3.34. The van der Waals surface area contributed by atoms with Gasteiger partial charge in [0.1, 0.15) is 0 Å². The number of aliphatic hydroxyl groups excluding tert-OH is 1. The van der Waals surface area contributed by atoms with Gasteiger partial charge in [0.2, 0.25) is 0 Å². The quantitative estimate of drug-likeness (QED) is 0.898. The largest absolute Gasteiger partial charge is 0.493 e. The van der Waals surface area contributed by atoms with Crippen LogP contribution in [0.5, 0.6) is 11.5 Å². The van der Waals surface area contributed by atoms with Crippen LogP contribution in [0, 0.1) is 5.92 Å². The number of ether oxygens (including phenoxy) is 2. The summed E-state index contributed by atoms with van der Waals surface area (Å²) in [6.45, 7) is 4.16. The lowest BCUT2D eigenvalue weighted by Crippen LogP contribution is -2.47. The zero-order chi connectivity index (χ0) is 14.3. The predicted molar refractivity (Wildman–Crippen MR) is 77.4 cm³/mol. The molecule has 1 saturated heterocycles. The highest BCUT2D eigenvalue weighted by Crippen LogP contribution is 2.42. The van der Waals surface area contributed by atoms with Crippen LogP contribution in [0.15, 0.2) is 12.1 Å². The van der Waals surface area contributed by atoms with Crippen molar-refractivity contribution >= 4 is 0 Å². The number of fused-ring (bicyclic) bond motifs is 3. The van der Waals surface area contributed by atoms with E-state index in [1.165, 1.54) is 11.1 Å². The molecule has 0 aliphatic carbocycles. The molecule has 0 aromatic heterocycles. The minimum Gasteiger partial charge on any atom is -0.493 e. The first-order chi connectivity index (χ1) is 9.63. The molecule has 1 aromatic rings. The Morgan fingerprint density at radius 2 is 1.90 bits per heavy atom. The van der Waals surface area contributed by atoms with Crippen molar-refractivity contribution in [2.45, 2.75) is 31.9 Å². The lowest BCUT2D eigenvalue weighted by atomic mass is 9.82. The van der Waals surface area contributed by atoms with Crippen molar-refractivity contribution in [1.82, 2.24) is 4.90 Å². The number of piperidine rings is 1. The van der Waals surface area contributed by atoms with Crippen molar-refractivity contribution in [3.05, 3.63) is 23.3 Å². The lowest BCUT2D eigenvalue weighted by molar-refractivity contribution is -0.00493. The smallest absolute Gasteiger partial charge is 0.161 e. The number of aliphatic hydroxyl groups is 1. The zero-order valence-corrected chi connectivity index (χ0v) is 12.4. The van der Waals surface area contributed by atoms with E-state index in [4.69, 9.17) is 9.47 Å². The van der Waals surface area contributed by atoms with Crippen LogP contribution in [-0.2, 0) is 6.42 Å².